The maximum atomic E-state index is 12.7. The molecule has 0 unspecified atom stereocenters. The van der Waals surface area contributed by atoms with Crippen molar-refractivity contribution in [2.75, 3.05) is 7.05 Å². The predicted octanol–water partition coefficient (Wildman–Crippen LogP) is 2.28. The van der Waals surface area contributed by atoms with Gasteiger partial charge in [-0.3, -0.25) is 0 Å². The van der Waals surface area contributed by atoms with E-state index in [-0.39, 0.29) is 10.5 Å². The number of para-hydroxylation sites is 1. The molecule has 6 nitrogen and oxygen atoms in total. The molecule has 3 aromatic rings. The summed E-state index contributed by atoms with van der Waals surface area (Å²) >= 11 is 0. The Bertz CT molecular complexity index is 1170. The number of sulfonamides is 1. The van der Waals surface area contributed by atoms with Crippen LogP contribution in [-0.2, 0) is 10.0 Å². The molecule has 0 bridgehead atoms. The number of nitrogens with zero attached hydrogens (tertiary/aromatic N) is 2. The highest BCUT2D eigenvalue weighted by Gasteiger charge is 2.21. The van der Waals surface area contributed by atoms with Gasteiger partial charge in [0.05, 0.1) is 16.1 Å². The van der Waals surface area contributed by atoms with E-state index in [0.717, 1.165) is 9.87 Å². The molecular weight excluding hydrogens is 376 g/mol. The topological polar surface area (TPSA) is 82.3 Å². The van der Waals surface area contributed by atoms with Crippen molar-refractivity contribution in [1.82, 2.24) is 8.87 Å². The van der Waals surface area contributed by atoms with E-state index in [1.807, 2.05) is 6.92 Å². The summed E-state index contributed by atoms with van der Waals surface area (Å²) in [5, 5.41) is 7.50. The molecule has 3 rings (SSSR count). The molecule has 0 aliphatic carbocycles. The zero-order valence-electron chi connectivity index (χ0n) is 15.4. The normalized spacial score (nSPS) is 10.8. The monoisotopic (exact) mass is 395 g/mol. The second kappa shape index (κ2) is 7.62. The van der Waals surface area contributed by atoms with Gasteiger partial charge in [0.2, 0.25) is 0 Å². The molecule has 0 aliphatic heterocycles. The van der Waals surface area contributed by atoms with Crippen LogP contribution >= 0.6 is 0 Å². The first-order valence-electron chi connectivity index (χ1n) is 8.40. The fourth-order valence-electron chi connectivity index (χ4n) is 2.66. The van der Waals surface area contributed by atoms with Crippen molar-refractivity contribution in [2.45, 2.75) is 11.8 Å². The second-order valence-electron chi connectivity index (χ2n) is 6.14. The molecule has 1 heterocycles. The third-order valence-electron chi connectivity index (χ3n) is 4.17. The van der Waals surface area contributed by atoms with Gasteiger partial charge in [-0.05, 0) is 49.2 Å². The van der Waals surface area contributed by atoms with Crippen molar-refractivity contribution in [3.8, 4) is 17.7 Å². The summed E-state index contributed by atoms with van der Waals surface area (Å²) in [6.07, 6.45) is 3.47. The molecule has 28 heavy (non-hydrogen) atoms. The minimum Gasteiger partial charge on any atom is -0.561 e. The van der Waals surface area contributed by atoms with Crippen LogP contribution in [0, 0.1) is 18.9 Å². The smallest absolute Gasteiger partial charge is 0.551 e. The average molecular weight is 395 g/mol. The highest BCUT2D eigenvalue weighted by molar-refractivity contribution is 7.89. The number of rotatable bonds is 4. The minimum atomic E-state index is -3.77. The first-order chi connectivity index (χ1) is 13.3. The summed E-state index contributed by atoms with van der Waals surface area (Å²) in [7, 11) is -2.40. The number of benzene rings is 2. The number of hydrogen-bond acceptors (Lipinski definition) is 3. The Morgan fingerprint density at radius 3 is 2.29 bits per heavy atom. The van der Waals surface area contributed by atoms with Crippen LogP contribution in [0.25, 0.3) is 5.69 Å². The minimum absolute atomic E-state index is 0.149. The molecule has 0 atom stereocenters. The van der Waals surface area contributed by atoms with E-state index in [1.54, 1.807) is 59.4 Å². The van der Waals surface area contributed by atoms with Crippen molar-refractivity contribution < 1.29 is 18.3 Å². The van der Waals surface area contributed by atoms with Crippen LogP contribution in [-0.4, -0.2) is 35.4 Å². The standard InChI is InChI=1S/C21H18N2O4S/c1-16-8-10-18(11-9-16)28(26,27)22(2)15-12-17-6-5-7-19(21(24)25)20(17)23-13-3-4-14-23/h3-11,13-14H,1-2H3,(H,24,25)/p+1. The van der Waals surface area contributed by atoms with Crippen LogP contribution in [0.3, 0.4) is 0 Å². The number of aryl methyl sites for hydroxylation is 1. The van der Waals surface area contributed by atoms with Gasteiger partial charge in [-0.1, -0.05) is 23.8 Å². The van der Waals surface area contributed by atoms with Gasteiger partial charge >= 0.3 is 5.97 Å². The molecule has 0 saturated heterocycles. The fourth-order valence-corrected chi connectivity index (χ4v) is 3.62. The van der Waals surface area contributed by atoms with Gasteiger partial charge in [-0.15, -0.1) is 0 Å². The van der Waals surface area contributed by atoms with Crippen molar-refractivity contribution >= 4 is 16.0 Å². The first-order valence-corrected chi connectivity index (χ1v) is 9.84. The lowest BCUT2D eigenvalue weighted by molar-refractivity contribution is 0.0697. The molecule has 0 fully saturated rings. The Morgan fingerprint density at radius 2 is 1.68 bits per heavy atom. The Labute approximate surface area is 163 Å². The van der Waals surface area contributed by atoms with Crippen LogP contribution in [0.5, 0.6) is 0 Å². The number of carbonyl (C=O) groups excluding carboxylic acids is 1. The van der Waals surface area contributed by atoms with E-state index in [1.165, 1.54) is 19.2 Å². The zero-order valence-corrected chi connectivity index (χ0v) is 16.2. The van der Waals surface area contributed by atoms with E-state index in [0.29, 0.717) is 11.3 Å². The van der Waals surface area contributed by atoms with Gasteiger partial charge in [0.1, 0.15) is 5.56 Å². The molecule has 0 radical (unpaired) electrons. The van der Waals surface area contributed by atoms with E-state index in [9.17, 15) is 13.2 Å². The third kappa shape index (κ3) is 3.77. The van der Waals surface area contributed by atoms with Crippen molar-refractivity contribution in [2.24, 2.45) is 0 Å². The third-order valence-corrected chi connectivity index (χ3v) is 5.85. The van der Waals surface area contributed by atoms with Gasteiger partial charge < -0.3 is 9.67 Å². The predicted molar refractivity (Wildman–Crippen MR) is 107 cm³/mol. The number of aromatic nitrogens is 1. The van der Waals surface area contributed by atoms with E-state index >= 15 is 0 Å². The summed E-state index contributed by atoms with van der Waals surface area (Å²) in [6, 6.07) is 17.6. The number of carbonyl (C=O) groups is 1. The fraction of sp³-hybridized carbons (Fsp3) is 0.0952. The molecule has 2 aromatic carbocycles. The van der Waals surface area contributed by atoms with Crippen LogP contribution in [0.1, 0.15) is 21.5 Å². The van der Waals surface area contributed by atoms with Crippen molar-refractivity contribution in [3.05, 3.63) is 83.7 Å². The Kier molecular flexibility index (Phi) is 5.25. The SMILES string of the molecule is Cc1ccc(S(=O)(=O)N(C)C#Cc2cccc(C(=O)[OH2+])c2-n2cccc2)cc1. The Hall–Kier alpha value is -3.50. The average Bonchev–Trinajstić information content (AvgIpc) is 3.20. The molecule has 2 N–H and O–H groups in total. The molecule has 142 valence electrons. The summed E-state index contributed by atoms with van der Waals surface area (Å²) in [4.78, 5) is 11.9. The summed E-state index contributed by atoms with van der Waals surface area (Å²) in [6.45, 7) is 1.88. The lowest BCUT2D eigenvalue weighted by Crippen LogP contribution is -2.22. The quantitative estimate of drug-likeness (QED) is 0.386. The van der Waals surface area contributed by atoms with Crippen LogP contribution in [0.2, 0.25) is 0 Å². The summed E-state index contributed by atoms with van der Waals surface area (Å²) in [5.41, 5.74) is 2.04. The zero-order chi connectivity index (χ0) is 20.3. The molecule has 0 spiro atoms. The first kappa shape index (κ1) is 19.3. The van der Waals surface area contributed by atoms with Crippen LogP contribution < -0.4 is 0 Å². The molecule has 0 saturated carbocycles. The van der Waals surface area contributed by atoms with Gasteiger partial charge in [-0.2, -0.15) is 0 Å². The van der Waals surface area contributed by atoms with E-state index in [2.05, 4.69) is 12.0 Å². The maximum absolute atomic E-state index is 12.7. The largest absolute Gasteiger partial charge is 0.561 e. The molecule has 1 aromatic heterocycles. The van der Waals surface area contributed by atoms with Crippen LogP contribution in [0.15, 0.2) is 71.9 Å². The maximum Gasteiger partial charge on any atom is 0.551 e. The highest BCUT2D eigenvalue weighted by Crippen LogP contribution is 2.20. The van der Waals surface area contributed by atoms with Gasteiger partial charge in [0.15, 0.2) is 0 Å². The lowest BCUT2D eigenvalue weighted by atomic mass is 10.1. The summed E-state index contributed by atoms with van der Waals surface area (Å²) < 4.78 is 28.0. The van der Waals surface area contributed by atoms with Gasteiger partial charge in [0, 0.05) is 30.3 Å². The van der Waals surface area contributed by atoms with Crippen molar-refractivity contribution in [3.63, 3.8) is 0 Å². The Morgan fingerprint density at radius 1 is 1.04 bits per heavy atom. The second-order valence-corrected chi connectivity index (χ2v) is 8.11. The Balaban J connectivity index is 2.04. The number of hydrogen-bond donors (Lipinski definition) is 0. The summed E-state index contributed by atoms with van der Waals surface area (Å²) in [5.74, 6) is 1.98. The van der Waals surface area contributed by atoms with E-state index in [4.69, 9.17) is 5.11 Å². The van der Waals surface area contributed by atoms with Crippen LogP contribution in [0.4, 0.5) is 0 Å². The molecular formula is C21H19N2O4S+. The van der Waals surface area contributed by atoms with Gasteiger partial charge in [0.25, 0.3) is 10.0 Å². The molecule has 0 aliphatic rings. The van der Waals surface area contributed by atoms with E-state index < -0.39 is 16.0 Å². The van der Waals surface area contributed by atoms with Crippen molar-refractivity contribution in [1.29, 1.82) is 0 Å². The molecule has 0 amide bonds. The molecule has 7 heteroatoms. The highest BCUT2D eigenvalue weighted by atomic mass is 32.2. The lowest BCUT2D eigenvalue weighted by Gasteiger charge is -2.13. The van der Waals surface area contributed by atoms with Gasteiger partial charge in [-0.25, -0.2) is 12.7 Å².